The Balaban J connectivity index is 1.97. The Kier molecular flexibility index (Phi) is 3.49. The SMILES string of the molecule is Cc1cc(C)cc(NC2CCS(=O)(=O)c3ccccc32)c1. The molecule has 0 saturated carbocycles. The lowest BCUT2D eigenvalue weighted by atomic mass is 10.0. The number of hydrogen-bond acceptors (Lipinski definition) is 3. The molecule has 0 fully saturated rings. The zero-order chi connectivity index (χ0) is 15.0. The molecule has 3 rings (SSSR count). The van der Waals surface area contributed by atoms with Crippen molar-refractivity contribution in [2.45, 2.75) is 31.2 Å². The van der Waals surface area contributed by atoms with Crippen molar-refractivity contribution in [1.82, 2.24) is 0 Å². The van der Waals surface area contributed by atoms with Gasteiger partial charge in [-0.2, -0.15) is 0 Å². The Morgan fingerprint density at radius 2 is 1.71 bits per heavy atom. The summed E-state index contributed by atoms with van der Waals surface area (Å²) in [5.74, 6) is 0.201. The minimum absolute atomic E-state index is 0.0472. The number of benzene rings is 2. The molecule has 4 heteroatoms. The van der Waals surface area contributed by atoms with Gasteiger partial charge in [0.05, 0.1) is 16.7 Å². The topological polar surface area (TPSA) is 46.2 Å². The van der Waals surface area contributed by atoms with Gasteiger partial charge in [-0.25, -0.2) is 8.42 Å². The minimum Gasteiger partial charge on any atom is -0.378 e. The van der Waals surface area contributed by atoms with Gasteiger partial charge in [-0.3, -0.25) is 0 Å². The Hall–Kier alpha value is -1.81. The monoisotopic (exact) mass is 301 g/mol. The van der Waals surface area contributed by atoms with Gasteiger partial charge >= 0.3 is 0 Å². The van der Waals surface area contributed by atoms with Crippen molar-refractivity contribution in [2.75, 3.05) is 11.1 Å². The van der Waals surface area contributed by atoms with Gasteiger partial charge in [-0.15, -0.1) is 0 Å². The van der Waals surface area contributed by atoms with Crippen LogP contribution in [0, 0.1) is 13.8 Å². The van der Waals surface area contributed by atoms with Crippen LogP contribution in [0.5, 0.6) is 0 Å². The fraction of sp³-hybridized carbons (Fsp3) is 0.294. The van der Waals surface area contributed by atoms with Crippen LogP contribution in [0.4, 0.5) is 5.69 Å². The average Bonchev–Trinajstić information content (AvgIpc) is 2.41. The Bertz CT molecular complexity index is 761. The molecule has 2 aromatic carbocycles. The number of nitrogens with one attached hydrogen (secondary N) is 1. The number of rotatable bonds is 2. The lowest BCUT2D eigenvalue weighted by Crippen LogP contribution is -2.24. The maximum Gasteiger partial charge on any atom is 0.178 e. The van der Waals surface area contributed by atoms with Crippen LogP contribution in [0.15, 0.2) is 47.4 Å². The van der Waals surface area contributed by atoms with E-state index in [1.807, 2.05) is 12.1 Å². The average molecular weight is 301 g/mol. The van der Waals surface area contributed by atoms with Crippen LogP contribution in [0.1, 0.15) is 29.2 Å². The second-order valence-corrected chi connectivity index (χ2v) is 7.80. The predicted octanol–water partition coefficient (Wildman–Crippen LogP) is 3.63. The molecule has 0 spiro atoms. The number of sulfone groups is 1. The molecule has 1 atom stereocenters. The standard InChI is InChI=1S/C17H19NO2S/c1-12-9-13(2)11-14(10-12)18-16-7-8-21(19,20)17-6-4-3-5-15(16)17/h3-6,9-11,16,18H,7-8H2,1-2H3. The molecule has 0 amide bonds. The van der Waals surface area contributed by atoms with Crippen LogP contribution >= 0.6 is 0 Å². The molecule has 1 aliphatic heterocycles. The third-order valence-electron chi connectivity index (χ3n) is 3.87. The molecule has 2 aromatic rings. The highest BCUT2D eigenvalue weighted by Crippen LogP contribution is 2.34. The molecule has 21 heavy (non-hydrogen) atoms. The van der Waals surface area contributed by atoms with Gasteiger partial charge in [0.2, 0.25) is 0 Å². The first-order valence-electron chi connectivity index (χ1n) is 7.12. The number of anilines is 1. The van der Waals surface area contributed by atoms with E-state index in [2.05, 4.69) is 37.4 Å². The fourth-order valence-electron chi connectivity index (χ4n) is 3.00. The molecule has 0 bridgehead atoms. The third kappa shape index (κ3) is 2.81. The summed E-state index contributed by atoms with van der Waals surface area (Å²) in [5, 5.41) is 3.49. The van der Waals surface area contributed by atoms with Crippen molar-refractivity contribution >= 4 is 15.5 Å². The molecular weight excluding hydrogens is 282 g/mol. The van der Waals surface area contributed by atoms with E-state index in [-0.39, 0.29) is 11.8 Å². The van der Waals surface area contributed by atoms with Gasteiger partial charge < -0.3 is 5.32 Å². The highest BCUT2D eigenvalue weighted by atomic mass is 32.2. The maximum absolute atomic E-state index is 12.2. The van der Waals surface area contributed by atoms with Gasteiger partial charge in [0, 0.05) is 5.69 Å². The molecule has 0 aromatic heterocycles. The Labute approximate surface area is 125 Å². The summed E-state index contributed by atoms with van der Waals surface area (Å²) in [7, 11) is -3.12. The van der Waals surface area contributed by atoms with E-state index >= 15 is 0 Å². The zero-order valence-electron chi connectivity index (χ0n) is 12.3. The molecule has 0 saturated heterocycles. The molecule has 1 aliphatic rings. The van der Waals surface area contributed by atoms with Crippen LogP contribution in [0.2, 0.25) is 0 Å². The highest BCUT2D eigenvalue weighted by Gasteiger charge is 2.29. The molecule has 0 radical (unpaired) electrons. The molecular formula is C17H19NO2S. The number of aryl methyl sites for hydroxylation is 2. The number of hydrogen-bond donors (Lipinski definition) is 1. The largest absolute Gasteiger partial charge is 0.378 e. The van der Waals surface area contributed by atoms with Crippen molar-refractivity contribution in [1.29, 1.82) is 0 Å². The Morgan fingerprint density at radius 1 is 1.05 bits per heavy atom. The van der Waals surface area contributed by atoms with E-state index in [9.17, 15) is 8.42 Å². The molecule has 1 N–H and O–H groups in total. The van der Waals surface area contributed by atoms with Gasteiger partial charge in [0.1, 0.15) is 0 Å². The van der Waals surface area contributed by atoms with E-state index in [0.717, 1.165) is 11.3 Å². The molecule has 1 unspecified atom stereocenters. The predicted molar refractivity (Wildman–Crippen MR) is 85.4 cm³/mol. The lowest BCUT2D eigenvalue weighted by molar-refractivity contribution is 0.576. The van der Waals surface area contributed by atoms with Crippen LogP contribution in [-0.4, -0.2) is 14.2 Å². The maximum atomic E-state index is 12.2. The molecule has 1 heterocycles. The van der Waals surface area contributed by atoms with Crippen molar-refractivity contribution < 1.29 is 8.42 Å². The second-order valence-electron chi connectivity index (χ2n) is 5.72. The van der Waals surface area contributed by atoms with E-state index in [0.29, 0.717) is 11.3 Å². The van der Waals surface area contributed by atoms with E-state index in [4.69, 9.17) is 0 Å². The van der Waals surface area contributed by atoms with Crippen molar-refractivity contribution in [2.24, 2.45) is 0 Å². The quantitative estimate of drug-likeness (QED) is 0.921. The summed E-state index contributed by atoms with van der Waals surface area (Å²) in [4.78, 5) is 0.470. The highest BCUT2D eigenvalue weighted by molar-refractivity contribution is 7.91. The minimum atomic E-state index is -3.12. The molecule has 0 aliphatic carbocycles. The Morgan fingerprint density at radius 3 is 2.43 bits per heavy atom. The zero-order valence-corrected chi connectivity index (χ0v) is 13.1. The molecule has 3 nitrogen and oxygen atoms in total. The summed E-state index contributed by atoms with van der Waals surface area (Å²) >= 11 is 0. The van der Waals surface area contributed by atoms with Gasteiger partial charge in [0.15, 0.2) is 9.84 Å². The van der Waals surface area contributed by atoms with E-state index < -0.39 is 9.84 Å². The van der Waals surface area contributed by atoms with E-state index in [1.165, 1.54) is 11.1 Å². The van der Waals surface area contributed by atoms with E-state index in [1.54, 1.807) is 12.1 Å². The van der Waals surface area contributed by atoms with Crippen LogP contribution < -0.4 is 5.32 Å². The first kappa shape index (κ1) is 14.1. The van der Waals surface area contributed by atoms with Crippen LogP contribution in [-0.2, 0) is 9.84 Å². The summed E-state index contributed by atoms with van der Waals surface area (Å²) in [5.41, 5.74) is 4.33. The smallest absolute Gasteiger partial charge is 0.178 e. The van der Waals surface area contributed by atoms with Gasteiger partial charge in [-0.05, 0) is 55.2 Å². The van der Waals surface area contributed by atoms with Gasteiger partial charge in [0.25, 0.3) is 0 Å². The number of fused-ring (bicyclic) bond motifs is 1. The van der Waals surface area contributed by atoms with Crippen molar-refractivity contribution in [3.05, 3.63) is 59.2 Å². The second kappa shape index (κ2) is 5.19. The van der Waals surface area contributed by atoms with Crippen LogP contribution in [0.25, 0.3) is 0 Å². The summed E-state index contributed by atoms with van der Waals surface area (Å²) in [6.07, 6.45) is 0.604. The lowest BCUT2D eigenvalue weighted by Gasteiger charge is -2.27. The summed E-state index contributed by atoms with van der Waals surface area (Å²) < 4.78 is 24.3. The normalized spacial score (nSPS) is 19.8. The van der Waals surface area contributed by atoms with Crippen molar-refractivity contribution in [3.8, 4) is 0 Å². The van der Waals surface area contributed by atoms with Crippen LogP contribution in [0.3, 0.4) is 0 Å². The summed E-state index contributed by atoms with van der Waals surface area (Å²) in [6.45, 7) is 4.13. The third-order valence-corrected chi connectivity index (χ3v) is 5.68. The first-order valence-corrected chi connectivity index (χ1v) is 8.77. The fourth-order valence-corrected chi connectivity index (χ4v) is 4.62. The summed E-state index contributed by atoms with van der Waals surface area (Å²) in [6, 6.07) is 13.7. The first-order chi connectivity index (χ1) is 9.95. The van der Waals surface area contributed by atoms with Crippen molar-refractivity contribution in [3.63, 3.8) is 0 Å². The van der Waals surface area contributed by atoms with Gasteiger partial charge in [-0.1, -0.05) is 24.3 Å². The molecule has 110 valence electrons.